The quantitative estimate of drug-likeness (QED) is 0.841. The minimum Gasteiger partial charge on any atom is -0.493 e. The molecule has 25 heavy (non-hydrogen) atoms. The standard InChI is InChI=1S/C18H20N2O5/c1-23-15-6-4-5-14(16(15)24-2)17(21)19-11-12-7-9-13(10-8-12)20-18(22)25-3/h4-10H,11H2,1-3H3,(H,19,21)(H,20,22). The number of methoxy groups -OCH3 is 3. The van der Waals surface area contributed by atoms with Gasteiger partial charge < -0.3 is 19.5 Å². The molecule has 2 amide bonds. The van der Waals surface area contributed by atoms with Gasteiger partial charge >= 0.3 is 6.09 Å². The molecule has 2 rings (SSSR count). The second-order valence-corrected chi connectivity index (χ2v) is 5.04. The van der Waals surface area contributed by atoms with E-state index in [4.69, 9.17) is 9.47 Å². The first-order valence-electron chi connectivity index (χ1n) is 7.52. The molecule has 0 spiro atoms. The maximum absolute atomic E-state index is 12.4. The van der Waals surface area contributed by atoms with E-state index in [1.54, 1.807) is 42.5 Å². The van der Waals surface area contributed by atoms with E-state index in [0.29, 0.717) is 29.3 Å². The number of benzene rings is 2. The molecule has 0 saturated heterocycles. The lowest BCUT2D eigenvalue weighted by molar-refractivity contribution is 0.0947. The Morgan fingerprint density at radius 2 is 1.68 bits per heavy atom. The van der Waals surface area contributed by atoms with Crippen LogP contribution in [0.25, 0.3) is 0 Å². The largest absolute Gasteiger partial charge is 0.493 e. The molecule has 0 atom stereocenters. The summed E-state index contributed by atoms with van der Waals surface area (Å²) in [6.45, 7) is 0.331. The Morgan fingerprint density at radius 3 is 2.28 bits per heavy atom. The Morgan fingerprint density at radius 1 is 0.960 bits per heavy atom. The van der Waals surface area contributed by atoms with Crippen molar-refractivity contribution in [3.8, 4) is 11.5 Å². The van der Waals surface area contributed by atoms with Gasteiger partial charge in [0.15, 0.2) is 11.5 Å². The maximum atomic E-state index is 12.4. The highest BCUT2D eigenvalue weighted by Crippen LogP contribution is 2.30. The van der Waals surface area contributed by atoms with Gasteiger partial charge in [-0.1, -0.05) is 18.2 Å². The van der Waals surface area contributed by atoms with Gasteiger partial charge in [0.2, 0.25) is 0 Å². The maximum Gasteiger partial charge on any atom is 0.411 e. The number of hydrogen-bond donors (Lipinski definition) is 2. The number of amides is 2. The Labute approximate surface area is 145 Å². The molecule has 132 valence electrons. The summed E-state index contributed by atoms with van der Waals surface area (Å²) < 4.78 is 15.0. The fourth-order valence-electron chi connectivity index (χ4n) is 2.22. The molecule has 0 unspecified atom stereocenters. The molecule has 2 N–H and O–H groups in total. The highest BCUT2D eigenvalue weighted by atomic mass is 16.5. The Hall–Kier alpha value is -3.22. The molecule has 0 bridgehead atoms. The second kappa shape index (κ2) is 8.58. The number of hydrogen-bond acceptors (Lipinski definition) is 5. The van der Waals surface area contributed by atoms with Crippen molar-refractivity contribution in [2.75, 3.05) is 26.6 Å². The molecule has 7 nitrogen and oxygen atoms in total. The molecule has 0 aliphatic heterocycles. The lowest BCUT2D eigenvalue weighted by atomic mass is 10.1. The average molecular weight is 344 g/mol. The lowest BCUT2D eigenvalue weighted by Crippen LogP contribution is -2.23. The van der Waals surface area contributed by atoms with Crippen LogP contribution in [0.4, 0.5) is 10.5 Å². The molecule has 7 heteroatoms. The normalized spacial score (nSPS) is 9.88. The fraction of sp³-hybridized carbons (Fsp3) is 0.222. The summed E-state index contributed by atoms with van der Waals surface area (Å²) in [4.78, 5) is 23.5. The number of ether oxygens (including phenoxy) is 3. The first-order chi connectivity index (χ1) is 12.1. The molecule has 0 aliphatic rings. The fourth-order valence-corrected chi connectivity index (χ4v) is 2.22. The van der Waals surface area contributed by atoms with Gasteiger partial charge in [0, 0.05) is 12.2 Å². The van der Waals surface area contributed by atoms with Crippen molar-refractivity contribution in [3.63, 3.8) is 0 Å². The van der Waals surface area contributed by atoms with Crippen LogP contribution < -0.4 is 20.1 Å². The summed E-state index contributed by atoms with van der Waals surface area (Å²) in [6, 6.07) is 12.2. The summed E-state index contributed by atoms with van der Waals surface area (Å²) in [5.74, 6) is 0.612. The van der Waals surface area contributed by atoms with Gasteiger partial charge in [-0.2, -0.15) is 0 Å². The molecular weight excluding hydrogens is 324 g/mol. The van der Waals surface area contributed by atoms with Crippen LogP contribution in [0.5, 0.6) is 11.5 Å². The van der Waals surface area contributed by atoms with Crippen molar-refractivity contribution >= 4 is 17.7 Å². The van der Waals surface area contributed by atoms with E-state index in [1.807, 2.05) is 0 Å². The highest BCUT2D eigenvalue weighted by Gasteiger charge is 2.16. The summed E-state index contributed by atoms with van der Waals surface area (Å²) >= 11 is 0. The minimum absolute atomic E-state index is 0.271. The molecule has 2 aromatic rings. The van der Waals surface area contributed by atoms with E-state index < -0.39 is 6.09 Å². The van der Waals surface area contributed by atoms with E-state index in [-0.39, 0.29) is 5.91 Å². The van der Waals surface area contributed by atoms with Crippen LogP contribution in [0.3, 0.4) is 0 Å². The number of carbonyl (C=O) groups is 2. The van der Waals surface area contributed by atoms with Crippen LogP contribution in [-0.4, -0.2) is 33.3 Å². The van der Waals surface area contributed by atoms with Gasteiger partial charge in [-0.3, -0.25) is 10.1 Å². The number of anilines is 1. The zero-order chi connectivity index (χ0) is 18.2. The molecule has 0 heterocycles. The number of para-hydroxylation sites is 1. The van der Waals surface area contributed by atoms with Crippen molar-refractivity contribution < 1.29 is 23.8 Å². The van der Waals surface area contributed by atoms with Crippen molar-refractivity contribution in [2.24, 2.45) is 0 Å². The van der Waals surface area contributed by atoms with E-state index >= 15 is 0 Å². The lowest BCUT2D eigenvalue weighted by Gasteiger charge is -2.12. The van der Waals surface area contributed by atoms with E-state index in [2.05, 4.69) is 15.4 Å². The van der Waals surface area contributed by atoms with Crippen molar-refractivity contribution in [3.05, 3.63) is 53.6 Å². The van der Waals surface area contributed by atoms with Crippen LogP contribution in [0, 0.1) is 0 Å². The van der Waals surface area contributed by atoms with Crippen LogP contribution in [0.1, 0.15) is 15.9 Å². The third-order valence-electron chi connectivity index (χ3n) is 3.49. The minimum atomic E-state index is -0.536. The molecule has 0 fully saturated rings. The monoisotopic (exact) mass is 344 g/mol. The topological polar surface area (TPSA) is 85.9 Å². The predicted molar refractivity (Wildman–Crippen MR) is 93.2 cm³/mol. The Bertz CT molecular complexity index is 744. The smallest absolute Gasteiger partial charge is 0.411 e. The van der Waals surface area contributed by atoms with Crippen LogP contribution in [-0.2, 0) is 11.3 Å². The molecule has 0 saturated carbocycles. The van der Waals surface area contributed by atoms with Gasteiger partial charge in [0.25, 0.3) is 5.91 Å². The molecule has 0 radical (unpaired) electrons. The zero-order valence-corrected chi connectivity index (χ0v) is 14.3. The van der Waals surface area contributed by atoms with E-state index in [0.717, 1.165) is 5.56 Å². The van der Waals surface area contributed by atoms with Crippen molar-refractivity contribution in [1.29, 1.82) is 0 Å². The molecule has 0 aliphatic carbocycles. The number of rotatable bonds is 6. The van der Waals surface area contributed by atoms with E-state index in [1.165, 1.54) is 21.3 Å². The second-order valence-electron chi connectivity index (χ2n) is 5.04. The van der Waals surface area contributed by atoms with Gasteiger partial charge in [-0.25, -0.2) is 4.79 Å². The summed E-state index contributed by atoms with van der Waals surface area (Å²) in [6.07, 6.45) is -0.536. The number of carbonyl (C=O) groups excluding carboxylic acids is 2. The third kappa shape index (κ3) is 4.63. The molecular formula is C18H20N2O5. The third-order valence-corrected chi connectivity index (χ3v) is 3.49. The predicted octanol–water partition coefficient (Wildman–Crippen LogP) is 2.81. The van der Waals surface area contributed by atoms with Crippen LogP contribution in [0.2, 0.25) is 0 Å². The van der Waals surface area contributed by atoms with Gasteiger partial charge in [-0.05, 0) is 29.8 Å². The van der Waals surface area contributed by atoms with Crippen LogP contribution >= 0.6 is 0 Å². The number of nitrogens with one attached hydrogen (secondary N) is 2. The Kier molecular flexibility index (Phi) is 6.22. The summed E-state index contributed by atoms with van der Waals surface area (Å²) in [7, 11) is 4.30. The SMILES string of the molecule is COC(=O)Nc1ccc(CNC(=O)c2cccc(OC)c2OC)cc1. The van der Waals surface area contributed by atoms with Gasteiger partial charge in [0.05, 0.1) is 26.9 Å². The van der Waals surface area contributed by atoms with Crippen molar-refractivity contribution in [1.82, 2.24) is 5.32 Å². The van der Waals surface area contributed by atoms with Gasteiger partial charge in [0.1, 0.15) is 0 Å². The summed E-state index contributed by atoms with van der Waals surface area (Å²) in [5, 5.41) is 5.38. The van der Waals surface area contributed by atoms with Crippen LogP contribution in [0.15, 0.2) is 42.5 Å². The van der Waals surface area contributed by atoms with Gasteiger partial charge in [-0.15, -0.1) is 0 Å². The zero-order valence-electron chi connectivity index (χ0n) is 14.3. The molecule has 2 aromatic carbocycles. The summed E-state index contributed by atoms with van der Waals surface area (Å²) in [5.41, 5.74) is 1.88. The Balaban J connectivity index is 2.02. The highest BCUT2D eigenvalue weighted by molar-refractivity contribution is 5.97. The van der Waals surface area contributed by atoms with Crippen molar-refractivity contribution in [2.45, 2.75) is 6.54 Å². The molecule has 0 aromatic heterocycles. The first kappa shape index (κ1) is 18.1. The first-order valence-corrected chi connectivity index (χ1v) is 7.52. The van der Waals surface area contributed by atoms with E-state index in [9.17, 15) is 9.59 Å². The average Bonchev–Trinajstić information content (AvgIpc) is 2.66.